The van der Waals surface area contributed by atoms with E-state index in [1.807, 2.05) is 6.92 Å². The first-order valence-corrected chi connectivity index (χ1v) is 14.0. The van der Waals surface area contributed by atoms with Crippen molar-refractivity contribution < 1.29 is 27.0 Å². The minimum absolute atomic E-state index is 0.0475. The normalized spacial score (nSPS) is 15.1. The van der Waals surface area contributed by atoms with Gasteiger partial charge in [-0.3, -0.25) is 14.9 Å². The highest BCUT2D eigenvalue weighted by Crippen LogP contribution is 2.34. The minimum Gasteiger partial charge on any atom is -0.378 e. The molecule has 0 unspecified atom stereocenters. The van der Waals surface area contributed by atoms with E-state index in [2.05, 4.69) is 21.2 Å². The maximum atomic E-state index is 13.5. The van der Waals surface area contributed by atoms with E-state index in [1.54, 1.807) is 67.6 Å². The lowest BCUT2D eigenvalue weighted by atomic mass is 9.99. The van der Waals surface area contributed by atoms with Crippen LogP contribution in [-0.2, 0) is 19.7 Å². The fraction of sp³-hybridized carbons (Fsp3) is 0.0690. The second kappa shape index (κ2) is 10.1. The second-order valence-corrected chi connectivity index (χ2v) is 11.3. The topological polar surface area (TPSA) is 110 Å². The molecule has 0 spiro atoms. The molecule has 5 rings (SSSR count). The van der Waals surface area contributed by atoms with Crippen molar-refractivity contribution in [1.82, 2.24) is 5.32 Å². The summed E-state index contributed by atoms with van der Waals surface area (Å²) in [6, 6.07) is 20.4. The third kappa shape index (κ3) is 5.08. The molecule has 1 aliphatic heterocycles. The van der Waals surface area contributed by atoms with E-state index < -0.39 is 28.0 Å². The number of barbiturate groups is 1. The summed E-state index contributed by atoms with van der Waals surface area (Å²) >= 11 is 3.39. The number of rotatable bonds is 5. The molecule has 4 amide bonds. The third-order valence-corrected chi connectivity index (χ3v) is 8.37. The van der Waals surface area contributed by atoms with Gasteiger partial charge in [-0.2, -0.15) is 8.42 Å². The molecule has 0 aromatic heterocycles. The lowest BCUT2D eigenvalue weighted by Crippen LogP contribution is -2.54. The van der Waals surface area contributed by atoms with Crippen molar-refractivity contribution in [3.8, 4) is 5.75 Å². The van der Waals surface area contributed by atoms with Crippen LogP contribution in [0.1, 0.15) is 16.7 Å². The fourth-order valence-electron chi connectivity index (χ4n) is 4.17. The molecule has 1 saturated heterocycles. The Morgan fingerprint density at radius 3 is 2.33 bits per heavy atom. The van der Waals surface area contributed by atoms with Crippen molar-refractivity contribution in [1.29, 1.82) is 0 Å². The first-order chi connectivity index (χ1) is 18.5. The largest absolute Gasteiger partial charge is 0.378 e. The smallest absolute Gasteiger partial charge is 0.339 e. The van der Waals surface area contributed by atoms with Crippen LogP contribution in [0.5, 0.6) is 5.75 Å². The summed E-state index contributed by atoms with van der Waals surface area (Å²) in [7, 11) is -4.24. The van der Waals surface area contributed by atoms with Crippen LogP contribution in [0.3, 0.4) is 0 Å². The number of hydrogen-bond donors (Lipinski definition) is 1. The summed E-state index contributed by atoms with van der Waals surface area (Å²) < 4.78 is 32.6. The van der Waals surface area contributed by atoms with Gasteiger partial charge in [0.15, 0.2) is 5.75 Å². The maximum Gasteiger partial charge on any atom is 0.339 e. The zero-order valence-corrected chi connectivity index (χ0v) is 23.2. The van der Waals surface area contributed by atoms with Gasteiger partial charge in [-0.05, 0) is 72.7 Å². The number of fused-ring (bicyclic) bond motifs is 1. The van der Waals surface area contributed by atoms with Crippen molar-refractivity contribution >= 4 is 66.4 Å². The Morgan fingerprint density at radius 1 is 0.897 bits per heavy atom. The zero-order valence-electron chi connectivity index (χ0n) is 20.8. The molecule has 1 N–H and O–H groups in total. The summed E-state index contributed by atoms with van der Waals surface area (Å²) in [5.41, 5.74) is 1.77. The number of hydrogen-bond acceptors (Lipinski definition) is 6. The Kier molecular flexibility index (Phi) is 6.83. The Morgan fingerprint density at radius 2 is 1.62 bits per heavy atom. The van der Waals surface area contributed by atoms with Crippen LogP contribution in [0.2, 0.25) is 0 Å². The average molecular weight is 605 g/mol. The van der Waals surface area contributed by atoms with Gasteiger partial charge >= 0.3 is 16.1 Å². The number of amides is 4. The van der Waals surface area contributed by atoms with Crippen molar-refractivity contribution in [2.45, 2.75) is 18.7 Å². The number of benzene rings is 4. The molecule has 4 aromatic rings. The average Bonchev–Trinajstić information content (AvgIpc) is 2.89. The van der Waals surface area contributed by atoms with Gasteiger partial charge in [-0.1, -0.05) is 64.0 Å². The Labute approximate surface area is 233 Å². The van der Waals surface area contributed by atoms with Crippen molar-refractivity contribution in [2.75, 3.05) is 4.90 Å². The van der Waals surface area contributed by atoms with Gasteiger partial charge in [-0.15, -0.1) is 0 Å². The summed E-state index contributed by atoms with van der Waals surface area (Å²) in [6.07, 6.45) is 1.26. The predicted octanol–water partition coefficient (Wildman–Crippen LogP) is 5.65. The number of carbonyl (C=O) groups excluding carboxylic acids is 3. The number of imide groups is 2. The van der Waals surface area contributed by atoms with Gasteiger partial charge in [0.2, 0.25) is 0 Å². The van der Waals surface area contributed by atoms with E-state index in [0.717, 1.165) is 25.9 Å². The van der Waals surface area contributed by atoms with Crippen LogP contribution in [0, 0.1) is 13.8 Å². The first kappa shape index (κ1) is 26.3. The summed E-state index contributed by atoms with van der Waals surface area (Å²) in [5, 5.41) is 3.47. The van der Waals surface area contributed by atoms with E-state index in [0.29, 0.717) is 5.39 Å². The van der Waals surface area contributed by atoms with Crippen LogP contribution < -0.4 is 14.4 Å². The van der Waals surface area contributed by atoms with Crippen LogP contribution in [0.15, 0.2) is 93.8 Å². The van der Waals surface area contributed by atoms with E-state index in [9.17, 15) is 22.8 Å². The molecule has 1 aliphatic rings. The minimum atomic E-state index is -4.24. The summed E-state index contributed by atoms with van der Waals surface area (Å²) in [5.74, 6) is -1.84. The predicted molar refractivity (Wildman–Crippen MR) is 151 cm³/mol. The molecule has 1 fully saturated rings. The molecule has 0 atom stereocenters. The highest BCUT2D eigenvalue weighted by molar-refractivity contribution is 9.10. The van der Waals surface area contributed by atoms with E-state index in [-0.39, 0.29) is 27.5 Å². The molecular weight excluding hydrogens is 584 g/mol. The van der Waals surface area contributed by atoms with E-state index in [1.165, 1.54) is 24.3 Å². The molecule has 196 valence electrons. The number of halogens is 1. The highest BCUT2D eigenvalue weighted by atomic mass is 79.9. The molecular formula is C29H21BrN2O6S. The lowest BCUT2D eigenvalue weighted by molar-refractivity contribution is -0.122. The van der Waals surface area contributed by atoms with Crippen LogP contribution in [0.25, 0.3) is 16.8 Å². The van der Waals surface area contributed by atoms with Crippen LogP contribution >= 0.6 is 15.9 Å². The number of nitrogens with one attached hydrogen (secondary N) is 1. The Bertz CT molecular complexity index is 1810. The van der Waals surface area contributed by atoms with Gasteiger partial charge in [0.25, 0.3) is 11.8 Å². The number of urea groups is 1. The molecule has 0 bridgehead atoms. The van der Waals surface area contributed by atoms with Crippen molar-refractivity contribution in [2.24, 2.45) is 0 Å². The SMILES string of the molecule is Cc1ccc(S(=O)(=O)Oc2ccc3ccccc3c2/C=C2/C(=O)NC(=O)N(c3ccc(Br)c(C)c3)C2=O)cc1. The molecule has 0 aliphatic carbocycles. The van der Waals surface area contributed by atoms with Gasteiger partial charge in [0.05, 0.1) is 5.69 Å². The standard InChI is InChI=1S/C29H21BrN2O6S/c1-17-7-11-21(12-8-17)39(36,37)38-26-14-9-19-5-3-4-6-22(19)23(26)16-24-27(33)31-29(35)32(28(24)34)20-10-13-25(30)18(2)15-20/h3-16H,1-2H3,(H,31,33,35)/b24-16-. The second-order valence-electron chi connectivity index (χ2n) is 8.94. The Balaban J connectivity index is 1.64. The fourth-order valence-corrected chi connectivity index (χ4v) is 5.37. The van der Waals surface area contributed by atoms with Gasteiger partial charge < -0.3 is 4.18 Å². The quantitative estimate of drug-likeness (QED) is 0.179. The lowest BCUT2D eigenvalue weighted by Gasteiger charge is -2.27. The molecule has 0 saturated carbocycles. The first-order valence-electron chi connectivity index (χ1n) is 11.8. The van der Waals surface area contributed by atoms with Crippen LogP contribution in [-0.4, -0.2) is 26.3 Å². The molecule has 10 heteroatoms. The van der Waals surface area contributed by atoms with Gasteiger partial charge in [-0.25, -0.2) is 9.69 Å². The van der Waals surface area contributed by atoms with Gasteiger partial charge in [0.1, 0.15) is 10.5 Å². The molecule has 8 nitrogen and oxygen atoms in total. The van der Waals surface area contributed by atoms with Crippen molar-refractivity contribution in [3.63, 3.8) is 0 Å². The maximum absolute atomic E-state index is 13.5. The van der Waals surface area contributed by atoms with Crippen molar-refractivity contribution in [3.05, 3.63) is 106 Å². The van der Waals surface area contributed by atoms with Crippen LogP contribution in [0.4, 0.5) is 10.5 Å². The number of carbonyl (C=O) groups is 3. The Hall–Kier alpha value is -4.28. The summed E-state index contributed by atoms with van der Waals surface area (Å²) in [4.78, 5) is 39.9. The molecule has 4 aromatic carbocycles. The highest BCUT2D eigenvalue weighted by Gasteiger charge is 2.37. The molecule has 0 radical (unpaired) electrons. The number of anilines is 1. The van der Waals surface area contributed by atoms with Gasteiger partial charge in [0, 0.05) is 10.0 Å². The van der Waals surface area contributed by atoms with E-state index in [4.69, 9.17) is 4.18 Å². The number of aryl methyl sites for hydroxylation is 2. The molecule has 39 heavy (non-hydrogen) atoms. The summed E-state index contributed by atoms with van der Waals surface area (Å²) in [6.45, 7) is 3.64. The molecule has 1 heterocycles. The third-order valence-electron chi connectivity index (χ3n) is 6.23. The number of nitrogens with zero attached hydrogens (tertiary/aromatic N) is 1. The monoisotopic (exact) mass is 604 g/mol. The van der Waals surface area contributed by atoms with E-state index >= 15 is 0 Å². The zero-order chi connectivity index (χ0) is 27.9.